The van der Waals surface area contributed by atoms with E-state index in [2.05, 4.69) is 15.4 Å². The minimum atomic E-state index is -3.91. The predicted molar refractivity (Wildman–Crippen MR) is 114 cm³/mol. The molecule has 5 N–H and O–H groups in total. The first-order valence-electron chi connectivity index (χ1n) is 8.52. The number of hydrogen-bond acceptors (Lipinski definition) is 5. The zero-order valence-corrected chi connectivity index (χ0v) is 17.1. The van der Waals surface area contributed by atoms with Crippen LogP contribution in [0.2, 0.25) is 0 Å². The Balaban J connectivity index is 1.66. The van der Waals surface area contributed by atoms with Crippen LogP contribution in [-0.4, -0.2) is 22.9 Å². The first-order chi connectivity index (χ1) is 14.1. The first kappa shape index (κ1) is 21.3. The molecule has 0 aliphatic heterocycles. The van der Waals surface area contributed by atoms with E-state index in [4.69, 9.17) is 5.14 Å². The third-order valence-electron chi connectivity index (χ3n) is 3.89. The lowest BCUT2D eigenvalue weighted by atomic mass is 10.3. The van der Waals surface area contributed by atoms with Crippen LogP contribution in [0, 0.1) is 0 Å². The van der Waals surface area contributed by atoms with E-state index in [0.29, 0.717) is 11.4 Å². The van der Waals surface area contributed by atoms with Crippen molar-refractivity contribution in [3.8, 4) is 0 Å². The number of carbonyl (C=O) groups excluding carboxylic acids is 1. The quantitative estimate of drug-likeness (QED) is 0.460. The second kappa shape index (κ2) is 8.53. The summed E-state index contributed by atoms with van der Waals surface area (Å²) in [6, 6.07) is 18.9. The minimum absolute atomic E-state index is 0.0351. The number of anilines is 3. The lowest BCUT2D eigenvalue weighted by molar-refractivity contribution is 0.262. The number of sulfonamides is 2. The number of primary sulfonamides is 1. The third-order valence-corrected chi connectivity index (χ3v) is 6.22. The Bertz CT molecular complexity index is 1240. The highest BCUT2D eigenvalue weighted by Gasteiger charge is 2.15. The van der Waals surface area contributed by atoms with Crippen LogP contribution in [0.25, 0.3) is 0 Å². The van der Waals surface area contributed by atoms with Crippen molar-refractivity contribution in [1.29, 1.82) is 0 Å². The number of carbonyl (C=O) groups is 1. The number of para-hydroxylation sites is 1. The van der Waals surface area contributed by atoms with Gasteiger partial charge >= 0.3 is 6.03 Å². The van der Waals surface area contributed by atoms with Gasteiger partial charge in [0.15, 0.2) is 0 Å². The fourth-order valence-electron chi connectivity index (χ4n) is 2.46. The lowest BCUT2D eigenvalue weighted by Gasteiger charge is -2.10. The highest BCUT2D eigenvalue weighted by molar-refractivity contribution is 7.92. The summed E-state index contributed by atoms with van der Waals surface area (Å²) in [5.41, 5.74) is 1.19. The van der Waals surface area contributed by atoms with Crippen LogP contribution in [-0.2, 0) is 20.0 Å². The largest absolute Gasteiger partial charge is 0.323 e. The summed E-state index contributed by atoms with van der Waals surface area (Å²) in [6.45, 7) is 0. The summed E-state index contributed by atoms with van der Waals surface area (Å²) in [6.07, 6.45) is 0. The monoisotopic (exact) mass is 446 g/mol. The fourth-order valence-corrected chi connectivity index (χ4v) is 4.03. The second-order valence-electron chi connectivity index (χ2n) is 6.14. The average Bonchev–Trinajstić information content (AvgIpc) is 2.68. The zero-order chi connectivity index (χ0) is 21.8. The highest BCUT2D eigenvalue weighted by atomic mass is 32.2. The molecular formula is C19H18N4O5S2. The maximum absolute atomic E-state index is 12.5. The second-order valence-corrected chi connectivity index (χ2v) is 9.39. The van der Waals surface area contributed by atoms with Gasteiger partial charge in [-0.05, 0) is 60.7 Å². The fraction of sp³-hybridized carbons (Fsp3) is 0. The molecule has 3 aromatic rings. The van der Waals surface area contributed by atoms with E-state index >= 15 is 0 Å². The summed E-state index contributed by atoms with van der Waals surface area (Å²) in [5.74, 6) is 0. The van der Waals surface area contributed by atoms with Gasteiger partial charge in [-0.2, -0.15) is 0 Å². The van der Waals surface area contributed by atoms with Crippen molar-refractivity contribution in [2.24, 2.45) is 5.14 Å². The third kappa shape index (κ3) is 5.56. The number of nitrogens with one attached hydrogen (secondary N) is 3. The van der Waals surface area contributed by atoms with E-state index < -0.39 is 26.1 Å². The maximum atomic E-state index is 12.5. The van der Waals surface area contributed by atoms with Crippen LogP contribution in [0.1, 0.15) is 0 Å². The maximum Gasteiger partial charge on any atom is 0.323 e. The van der Waals surface area contributed by atoms with Crippen molar-refractivity contribution in [3.63, 3.8) is 0 Å². The highest BCUT2D eigenvalue weighted by Crippen LogP contribution is 2.20. The molecule has 0 atom stereocenters. The van der Waals surface area contributed by atoms with Crippen molar-refractivity contribution in [2.75, 3.05) is 15.4 Å². The Labute approximate surface area is 174 Å². The van der Waals surface area contributed by atoms with Crippen molar-refractivity contribution in [3.05, 3.63) is 78.9 Å². The van der Waals surface area contributed by atoms with Gasteiger partial charge in [0.05, 0.1) is 9.79 Å². The summed E-state index contributed by atoms with van der Waals surface area (Å²) < 4.78 is 49.9. The Morgan fingerprint density at radius 1 is 0.633 bits per heavy atom. The Hall–Kier alpha value is -3.41. The molecule has 0 heterocycles. The molecule has 9 nitrogen and oxygen atoms in total. The molecule has 3 aromatic carbocycles. The van der Waals surface area contributed by atoms with Crippen LogP contribution in [0.15, 0.2) is 88.7 Å². The van der Waals surface area contributed by atoms with Gasteiger partial charge in [-0.15, -0.1) is 0 Å². The van der Waals surface area contributed by atoms with Crippen LogP contribution in [0.3, 0.4) is 0 Å². The van der Waals surface area contributed by atoms with Gasteiger partial charge in [-0.25, -0.2) is 26.8 Å². The smallest absolute Gasteiger partial charge is 0.308 e. The van der Waals surface area contributed by atoms with Crippen LogP contribution < -0.4 is 20.5 Å². The molecule has 0 saturated carbocycles. The molecule has 11 heteroatoms. The van der Waals surface area contributed by atoms with Crippen LogP contribution in [0.5, 0.6) is 0 Å². The molecule has 0 aromatic heterocycles. The van der Waals surface area contributed by atoms with Gasteiger partial charge in [0.25, 0.3) is 10.0 Å². The summed E-state index contributed by atoms with van der Waals surface area (Å²) in [4.78, 5) is 11.8. The Morgan fingerprint density at radius 3 is 1.63 bits per heavy atom. The molecule has 0 radical (unpaired) electrons. The minimum Gasteiger partial charge on any atom is -0.308 e. The predicted octanol–water partition coefficient (Wildman–Crippen LogP) is 2.78. The molecule has 0 fully saturated rings. The molecule has 0 spiro atoms. The molecule has 30 heavy (non-hydrogen) atoms. The first-order valence-corrected chi connectivity index (χ1v) is 11.6. The van der Waals surface area contributed by atoms with Gasteiger partial charge in [0.1, 0.15) is 0 Å². The summed E-state index contributed by atoms with van der Waals surface area (Å²) in [5, 5.41) is 10.3. The van der Waals surface area contributed by atoms with Crippen molar-refractivity contribution < 1.29 is 21.6 Å². The van der Waals surface area contributed by atoms with E-state index in [0.717, 1.165) is 0 Å². The standard InChI is InChI=1S/C19H18N4O5S2/c20-29(25,26)17-10-8-16(9-11-17)23-30(27,28)18-12-6-15(7-13-18)22-19(24)21-14-4-2-1-3-5-14/h1-13,23H,(H2,20,25,26)(H2,21,22,24). The molecule has 2 amide bonds. The molecule has 0 aliphatic rings. The molecule has 0 bridgehead atoms. The van der Waals surface area contributed by atoms with E-state index in [1.807, 2.05) is 6.07 Å². The van der Waals surface area contributed by atoms with Gasteiger partial charge in [-0.1, -0.05) is 18.2 Å². The average molecular weight is 447 g/mol. The SMILES string of the molecule is NS(=O)(=O)c1ccc(NS(=O)(=O)c2ccc(NC(=O)Nc3ccccc3)cc2)cc1. The van der Waals surface area contributed by atoms with Crippen molar-refractivity contribution in [2.45, 2.75) is 9.79 Å². The molecule has 0 saturated heterocycles. The molecule has 0 unspecified atom stereocenters. The number of urea groups is 1. The van der Waals surface area contributed by atoms with E-state index in [1.165, 1.54) is 48.5 Å². The molecular weight excluding hydrogens is 428 g/mol. The molecule has 156 valence electrons. The van der Waals surface area contributed by atoms with E-state index in [1.54, 1.807) is 24.3 Å². The van der Waals surface area contributed by atoms with E-state index in [-0.39, 0.29) is 15.5 Å². The van der Waals surface area contributed by atoms with Crippen molar-refractivity contribution in [1.82, 2.24) is 0 Å². The van der Waals surface area contributed by atoms with Gasteiger partial charge < -0.3 is 10.6 Å². The number of rotatable bonds is 6. The number of hydrogen-bond donors (Lipinski definition) is 4. The van der Waals surface area contributed by atoms with Crippen molar-refractivity contribution >= 4 is 43.1 Å². The number of amides is 2. The normalized spacial score (nSPS) is 11.5. The summed E-state index contributed by atoms with van der Waals surface area (Å²) in [7, 11) is -7.78. The van der Waals surface area contributed by atoms with E-state index in [9.17, 15) is 21.6 Å². The Kier molecular flexibility index (Phi) is 6.06. The topological polar surface area (TPSA) is 147 Å². The summed E-state index contributed by atoms with van der Waals surface area (Å²) >= 11 is 0. The van der Waals surface area contributed by atoms with Gasteiger partial charge in [0, 0.05) is 17.1 Å². The number of nitrogens with two attached hydrogens (primary N) is 1. The van der Waals surface area contributed by atoms with Crippen LogP contribution in [0.4, 0.5) is 21.9 Å². The zero-order valence-electron chi connectivity index (χ0n) is 15.4. The lowest BCUT2D eigenvalue weighted by Crippen LogP contribution is -2.19. The molecule has 0 aliphatic carbocycles. The van der Waals surface area contributed by atoms with Gasteiger partial charge in [-0.3, -0.25) is 4.72 Å². The Morgan fingerprint density at radius 2 is 1.10 bits per heavy atom. The van der Waals surface area contributed by atoms with Crippen LogP contribution >= 0.6 is 0 Å². The number of benzene rings is 3. The molecule has 3 rings (SSSR count). The van der Waals surface area contributed by atoms with Gasteiger partial charge in [0.2, 0.25) is 10.0 Å².